The molecule has 1 aliphatic rings. The van der Waals surface area contributed by atoms with Crippen molar-refractivity contribution in [2.45, 2.75) is 30.8 Å². The van der Waals surface area contributed by atoms with E-state index in [-0.39, 0.29) is 10.8 Å². The minimum absolute atomic E-state index is 0.110. The predicted octanol–water partition coefficient (Wildman–Crippen LogP) is 1.05. The Hall–Kier alpha value is -2.22. The van der Waals surface area contributed by atoms with Crippen molar-refractivity contribution in [2.24, 2.45) is 0 Å². The van der Waals surface area contributed by atoms with Crippen molar-refractivity contribution in [3.63, 3.8) is 0 Å². The summed E-state index contributed by atoms with van der Waals surface area (Å²) in [6.45, 7) is 3.96. The van der Waals surface area contributed by atoms with Crippen LogP contribution in [0.25, 0.3) is 0 Å². The summed E-state index contributed by atoms with van der Waals surface area (Å²) >= 11 is 0. The van der Waals surface area contributed by atoms with Gasteiger partial charge in [-0.1, -0.05) is 30.3 Å². The van der Waals surface area contributed by atoms with Crippen LogP contribution >= 0.6 is 0 Å². The lowest BCUT2D eigenvalue weighted by atomic mass is 10.1. The van der Waals surface area contributed by atoms with Gasteiger partial charge in [0, 0.05) is 44.6 Å². The van der Waals surface area contributed by atoms with Gasteiger partial charge in [0.15, 0.2) is 0 Å². The SMILES string of the molecule is CN(C)S(=O)(=O)c1cccc(C(=O)NCc2ccc(C[NH+]3CCCC3)cc2)c1. The first-order chi connectivity index (χ1) is 13.4. The van der Waals surface area contributed by atoms with E-state index < -0.39 is 10.0 Å². The van der Waals surface area contributed by atoms with Crippen LogP contribution in [0.4, 0.5) is 0 Å². The van der Waals surface area contributed by atoms with Gasteiger partial charge < -0.3 is 10.2 Å². The molecule has 2 aromatic rings. The highest BCUT2D eigenvalue weighted by atomic mass is 32.2. The van der Waals surface area contributed by atoms with Crippen LogP contribution in [0.3, 0.4) is 0 Å². The number of nitrogens with zero attached hydrogens (tertiary/aromatic N) is 1. The summed E-state index contributed by atoms with van der Waals surface area (Å²) in [5, 5.41) is 2.86. The molecule has 0 bridgehead atoms. The fraction of sp³-hybridized carbons (Fsp3) is 0.381. The van der Waals surface area contributed by atoms with E-state index in [0.717, 1.165) is 16.4 Å². The number of benzene rings is 2. The average molecular weight is 403 g/mol. The van der Waals surface area contributed by atoms with Crippen molar-refractivity contribution < 1.29 is 18.1 Å². The summed E-state index contributed by atoms with van der Waals surface area (Å²) < 4.78 is 25.6. The molecule has 0 saturated carbocycles. The van der Waals surface area contributed by atoms with Crippen molar-refractivity contribution in [3.05, 3.63) is 65.2 Å². The molecule has 0 unspecified atom stereocenters. The lowest BCUT2D eigenvalue weighted by Crippen LogP contribution is -3.08. The third kappa shape index (κ3) is 4.98. The topological polar surface area (TPSA) is 70.9 Å². The van der Waals surface area contributed by atoms with Gasteiger partial charge in [-0.05, 0) is 23.8 Å². The molecule has 7 heteroatoms. The fourth-order valence-electron chi connectivity index (χ4n) is 3.41. The van der Waals surface area contributed by atoms with Gasteiger partial charge in [0.1, 0.15) is 6.54 Å². The van der Waals surface area contributed by atoms with Crippen LogP contribution in [0, 0.1) is 0 Å². The Morgan fingerprint density at radius 2 is 1.68 bits per heavy atom. The monoisotopic (exact) mass is 402 g/mol. The fourth-order valence-corrected chi connectivity index (χ4v) is 4.36. The summed E-state index contributed by atoms with van der Waals surface area (Å²) in [7, 11) is -0.625. The van der Waals surface area contributed by atoms with Crippen LogP contribution < -0.4 is 10.2 Å². The van der Waals surface area contributed by atoms with E-state index in [9.17, 15) is 13.2 Å². The Balaban J connectivity index is 1.59. The number of sulfonamides is 1. The average Bonchev–Trinajstić information content (AvgIpc) is 3.20. The molecule has 0 atom stereocenters. The smallest absolute Gasteiger partial charge is 0.251 e. The maximum atomic E-state index is 12.4. The van der Waals surface area contributed by atoms with Crippen molar-refractivity contribution in [3.8, 4) is 0 Å². The van der Waals surface area contributed by atoms with Crippen LogP contribution in [-0.4, -0.2) is 45.8 Å². The van der Waals surface area contributed by atoms with Gasteiger partial charge in [-0.25, -0.2) is 12.7 Å². The minimum atomic E-state index is -3.56. The van der Waals surface area contributed by atoms with E-state index >= 15 is 0 Å². The predicted molar refractivity (Wildman–Crippen MR) is 109 cm³/mol. The number of hydrogen-bond donors (Lipinski definition) is 2. The summed E-state index contributed by atoms with van der Waals surface area (Å²) in [6.07, 6.45) is 2.63. The van der Waals surface area contributed by atoms with Gasteiger partial charge in [0.25, 0.3) is 5.91 Å². The molecule has 3 rings (SSSR count). The van der Waals surface area contributed by atoms with E-state index in [0.29, 0.717) is 12.1 Å². The Kier molecular flexibility index (Phi) is 6.49. The lowest BCUT2D eigenvalue weighted by molar-refractivity contribution is -0.901. The first-order valence-corrected chi connectivity index (χ1v) is 11.0. The molecular weight excluding hydrogens is 374 g/mol. The number of rotatable bonds is 7. The Labute approximate surface area is 167 Å². The number of hydrogen-bond acceptors (Lipinski definition) is 3. The standard InChI is InChI=1S/C21H27N3O3S/c1-23(2)28(26,27)20-7-5-6-19(14-20)21(25)22-15-17-8-10-18(11-9-17)16-24-12-3-4-13-24/h5-11,14H,3-4,12-13,15-16H2,1-2H3,(H,22,25)/p+1. The second-order valence-corrected chi connectivity index (χ2v) is 9.60. The Morgan fingerprint density at radius 3 is 2.32 bits per heavy atom. The number of quaternary nitrogens is 1. The van der Waals surface area contributed by atoms with Crippen molar-refractivity contribution >= 4 is 15.9 Å². The number of likely N-dealkylation sites (tertiary alicyclic amines) is 1. The van der Waals surface area contributed by atoms with Crippen molar-refractivity contribution in [2.75, 3.05) is 27.2 Å². The van der Waals surface area contributed by atoms with Gasteiger partial charge in [0.2, 0.25) is 10.0 Å². The van der Waals surface area contributed by atoms with E-state index in [1.807, 2.05) is 12.1 Å². The van der Waals surface area contributed by atoms with E-state index in [1.54, 1.807) is 17.0 Å². The van der Waals surface area contributed by atoms with E-state index in [2.05, 4.69) is 17.4 Å². The van der Waals surface area contributed by atoms with Crippen LogP contribution in [0.5, 0.6) is 0 Å². The number of nitrogens with one attached hydrogen (secondary N) is 2. The van der Waals surface area contributed by atoms with Crippen LogP contribution in [-0.2, 0) is 23.1 Å². The van der Waals surface area contributed by atoms with Crippen molar-refractivity contribution in [1.29, 1.82) is 0 Å². The van der Waals surface area contributed by atoms with Crippen molar-refractivity contribution in [1.82, 2.24) is 9.62 Å². The number of amides is 1. The largest absolute Gasteiger partial charge is 0.348 e. The quantitative estimate of drug-likeness (QED) is 0.727. The first-order valence-electron chi connectivity index (χ1n) is 9.58. The highest BCUT2D eigenvalue weighted by molar-refractivity contribution is 7.89. The molecule has 0 spiro atoms. The Morgan fingerprint density at radius 1 is 1.04 bits per heavy atom. The molecule has 1 amide bonds. The summed E-state index contributed by atoms with van der Waals surface area (Å²) in [5.74, 6) is -0.290. The van der Waals surface area contributed by atoms with Gasteiger partial charge in [-0.15, -0.1) is 0 Å². The van der Waals surface area contributed by atoms with Crippen LogP contribution in [0.15, 0.2) is 53.4 Å². The van der Waals surface area contributed by atoms with Crippen LogP contribution in [0.2, 0.25) is 0 Å². The minimum Gasteiger partial charge on any atom is -0.348 e. The third-order valence-electron chi connectivity index (χ3n) is 5.12. The second kappa shape index (κ2) is 8.86. The molecule has 0 aliphatic carbocycles. The molecule has 6 nitrogen and oxygen atoms in total. The summed E-state index contributed by atoms with van der Waals surface area (Å²) in [6, 6.07) is 14.4. The maximum Gasteiger partial charge on any atom is 0.251 e. The second-order valence-electron chi connectivity index (χ2n) is 7.45. The normalized spacial score (nSPS) is 15.1. The summed E-state index contributed by atoms with van der Waals surface area (Å²) in [4.78, 5) is 14.2. The molecule has 150 valence electrons. The third-order valence-corrected chi connectivity index (χ3v) is 6.93. The molecule has 2 N–H and O–H groups in total. The van der Waals surface area contributed by atoms with Gasteiger partial charge in [-0.3, -0.25) is 4.79 Å². The van der Waals surface area contributed by atoms with Crippen LogP contribution in [0.1, 0.15) is 34.3 Å². The molecule has 28 heavy (non-hydrogen) atoms. The zero-order valence-electron chi connectivity index (χ0n) is 16.4. The molecule has 0 radical (unpaired) electrons. The van der Waals surface area contributed by atoms with Gasteiger partial charge in [0.05, 0.1) is 18.0 Å². The molecule has 0 aromatic heterocycles. The molecule has 1 aliphatic heterocycles. The molecule has 2 aromatic carbocycles. The van der Waals surface area contributed by atoms with Gasteiger partial charge >= 0.3 is 0 Å². The van der Waals surface area contributed by atoms with E-state index in [1.165, 1.54) is 57.7 Å². The highest BCUT2D eigenvalue weighted by Crippen LogP contribution is 2.15. The number of carbonyl (C=O) groups excluding carboxylic acids is 1. The van der Waals surface area contributed by atoms with E-state index in [4.69, 9.17) is 0 Å². The van der Waals surface area contributed by atoms with Gasteiger partial charge in [-0.2, -0.15) is 0 Å². The molecule has 1 saturated heterocycles. The first kappa shape index (κ1) is 20.5. The highest BCUT2D eigenvalue weighted by Gasteiger charge is 2.19. The summed E-state index contributed by atoms with van der Waals surface area (Å²) in [5.41, 5.74) is 2.66. The molecular formula is C21H28N3O3S+. The zero-order chi connectivity index (χ0) is 20.1. The molecule has 1 fully saturated rings. The lowest BCUT2D eigenvalue weighted by Gasteiger charge is -2.13. The Bertz CT molecular complexity index is 918. The maximum absolute atomic E-state index is 12.4. The zero-order valence-corrected chi connectivity index (χ0v) is 17.3. The molecule has 1 heterocycles. The number of carbonyl (C=O) groups is 1.